The van der Waals surface area contributed by atoms with Gasteiger partial charge in [-0.25, -0.2) is 0 Å². The number of azide groups is 1. The monoisotopic (exact) mass is 397 g/mol. The summed E-state index contributed by atoms with van der Waals surface area (Å²) in [6.45, 7) is 2.07. The van der Waals surface area contributed by atoms with Crippen LogP contribution in [-0.4, -0.2) is 37.1 Å². The Morgan fingerprint density at radius 3 is 2.17 bits per heavy atom. The number of carbonyl (C=O) groups excluding carboxylic acids is 1. The van der Waals surface area contributed by atoms with Crippen molar-refractivity contribution in [2.75, 3.05) is 6.61 Å². The number of nitrogens with zero attached hydrogens (tertiary/aromatic N) is 3. The van der Waals surface area contributed by atoms with Crippen LogP contribution in [0.2, 0.25) is 0 Å². The lowest BCUT2D eigenvalue weighted by Crippen LogP contribution is -2.55. The fraction of sp³-hybridized carbons (Fsp3) is 0.381. The lowest BCUT2D eigenvalue weighted by Gasteiger charge is -2.40. The Morgan fingerprint density at radius 2 is 1.62 bits per heavy atom. The Labute approximate surface area is 169 Å². The predicted octanol–water partition coefficient (Wildman–Crippen LogP) is 3.76. The van der Waals surface area contributed by atoms with E-state index in [4.69, 9.17) is 24.5 Å². The number of rotatable bonds is 8. The molecule has 2 aromatic carbocycles. The highest BCUT2D eigenvalue weighted by Crippen LogP contribution is 2.26. The third-order valence-corrected chi connectivity index (χ3v) is 4.46. The van der Waals surface area contributed by atoms with E-state index in [2.05, 4.69) is 10.0 Å². The molecule has 0 unspecified atom stereocenters. The van der Waals surface area contributed by atoms with Crippen molar-refractivity contribution < 1.29 is 23.7 Å². The maximum atomic E-state index is 11.7. The normalized spacial score (nSPS) is 23.8. The van der Waals surface area contributed by atoms with Crippen molar-refractivity contribution in [3.63, 3.8) is 0 Å². The van der Waals surface area contributed by atoms with Gasteiger partial charge in [-0.2, -0.15) is 0 Å². The standard InChI is InChI=1S/C21H23N3O5/c1-15(25)29-20-19(27-13-17-10-6-3-7-11-17)18(14-28-21(20)23-24-22)26-12-16-8-4-2-5-9-16/h2-11,18-21H,12-14H2,1H3/t18-,19-,20+,21+/m1/s1. The van der Waals surface area contributed by atoms with Crippen LogP contribution < -0.4 is 0 Å². The minimum absolute atomic E-state index is 0.147. The van der Waals surface area contributed by atoms with Gasteiger partial charge in [-0.3, -0.25) is 4.79 Å². The molecule has 8 nitrogen and oxygen atoms in total. The zero-order valence-corrected chi connectivity index (χ0v) is 16.1. The van der Waals surface area contributed by atoms with Crippen LogP contribution in [0.25, 0.3) is 10.4 Å². The molecular weight excluding hydrogens is 374 g/mol. The molecule has 1 fully saturated rings. The van der Waals surface area contributed by atoms with Crippen LogP contribution in [0.3, 0.4) is 0 Å². The Kier molecular flexibility index (Phi) is 7.61. The molecule has 8 heteroatoms. The molecule has 0 radical (unpaired) electrons. The summed E-state index contributed by atoms with van der Waals surface area (Å²) in [6.07, 6.45) is -3.07. The van der Waals surface area contributed by atoms with Gasteiger partial charge in [0, 0.05) is 11.8 Å². The summed E-state index contributed by atoms with van der Waals surface area (Å²) in [5, 5.41) is 3.62. The van der Waals surface area contributed by atoms with E-state index in [1.54, 1.807) is 0 Å². The Hall–Kier alpha value is -2.90. The first-order chi connectivity index (χ1) is 14.2. The van der Waals surface area contributed by atoms with Crippen LogP contribution in [0.5, 0.6) is 0 Å². The van der Waals surface area contributed by atoms with E-state index in [0.717, 1.165) is 11.1 Å². The van der Waals surface area contributed by atoms with Crippen molar-refractivity contribution >= 4 is 5.97 Å². The van der Waals surface area contributed by atoms with Gasteiger partial charge in [0.25, 0.3) is 0 Å². The maximum Gasteiger partial charge on any atom is 0.303 e. The SMILES string of the molecule is CC(=O)O[C@H]1[C@H](OCc2ccccc2)[C@H](OCc2ccccc2)CO[C@@H]1N=[N+]=[N-]. The van der Waals surface area contributed by atoms with Crippen LogP contribution in [0, 0.1) is 0 Å². The van der Waals surface area contributed by atoms with E-state index in [1.165, 1.54) is 6.92 Å². The summed E-state index contributed by atoms with van der Waals surface area (Å²) >= 11 is 0. The van der Waals surface area contributed by atoms with Crippen LogP contribution in [0.1, 0.15) is 18.1 Å². The Bertz CT molecular complexity index is 827. The first kappa shape index (κ1) is 20.8. The second-order valence-corrected chi connectivity index (χ2v) is 6.60. The first-order valence-corrected chi connectivity index (χ1v) is 9.31. The highest BCUT2D eigenvalue weighted by Gasteiger charge is 2.44. The molecule has 29 heavy (non-hydrogen) atoms. The number of benzene rings is 2. The van der Waals surface area contributed by atoms with E-state index < -0.39 is 30.5 Å². The van der Waals surface area contributed by atoms with Crippen LogP contribution in [0.15, 0.2) is 65.8 Å². The largest absolute Gasteiger partial charge is 0.457 e. The molecule has 152 valence electrons. The first-order valence-electron chi connectivity index (χ1n) is 9.31. The third-order valence-electron chi connectivity index (χ3n) is 4.46. The second-order valence-electron chi connectivity index (χ2n) is 6.60. The van der Waals surface area contributed by atoms with Crippen LogP contribution in [-0.2, 0) is 37.0 Å². The summed E-state index contributed by atoms with van der Waals surface area (Å²) < 4.78 is 23.1. The molecule has 0 bridgehead atoms. The van der Waals surface area contributed by atoms with Crippen molar-refractivity contribution in [1.29, 1.82) is 0 Å². The molecular formula is C21H23N3O5. The van der Waals surface area contributed by atoms with Gasteiger partial charge in [0.05, 0.1) is 19.8 Å². The fourth-order valence-electron chi connectivity index (χ4n) is 3.11. The highest BCUT2D eigenvalue weighted by molar-refractivity contribution is 5.66. The van der Waals surface area contributed by atoms with Crippen molar-refractivity contribution in [3.05, 3.63) is 82.2 Å². The quantitative estimate of drug-likeness (QED) is 0.292. The maximum absolute atomic E-state index is 11.7. The van der Waals surface area contributed by atoms with E-state index in [9.17, 15) is 4.79 Å². The molecule has 0 amide bonds. The second kappa shape index (κ2) is 10.6. The molecule has 1 aliphatic rings. The summed E-state index contributed by atoms with van der Waals surface area (Å²) in [6, 6.07) is 19.3. The van der Waals surface area contributed by atoms with Gasteiger partial charge in [-0.1, -0.05) is 65.8 Å². The summed E-state index contributed by atoms with van der Waals surface area (Å²) in [7, 11) is 0. The Morgan fingerprint density at radius 1 is 1.03 bits per heavy atom. The van der Waals surface area contributed by atoms with Gasteiger partial charge in [0.15, 0.2) is 12.3 Å². The van der Waals surface area contributed by atoms with Crippen molar-refractivity contribution in [1.82, 2.24) is 0 Å². The van der Waals surface area contributed by atoms with Gasteiger partial charge in [0.2, 0.25) is 0 Å². The molecule has 0 aromatic heterocycles. The molecule has 0 saturated carbocycles. The van der Waals surface area contributed by atoms with Crippen LogP contribution >= 0.6 is 0 Å². The Balaban J connectivity index is 1.77. The topological polar surface area (TPSA) is 103 Å². The van der Waals surface area contributed by atoms with E-state index in [-0.39, 0.29) is 13.2 Å². The third kappa shape index (κ3) is 6.04. The van der Waals surface area contributed by atoms with Gasteiger partial charge in [-0.05, 0) is 16.7 Å². The van der Waals surface area contributed by atoms with E-state index in [1.807, 2.05) is 60.7 Å². The molecule has 4 atom stereocenters. The van der Waals surface area contributed by atoms with Gasteiger partial charge >= 0.3 is 5.97 Å². The number of ether oxygens (including phenoxy) is 4. The van der Waals surface area contributed by atoms with E-state index >= 15 is 0 Å². The number of esters is 1. The fourth-order valence-corrected chi connectivity index (χ4v) is 3.11. The predicted molar refractivity (Wildman–Crippen MR) is 104 cm³/mol. The minimum atomic E-state index is -0.985. The zero-order valence-electron chi connectivity index (χ0n) is 16.1. The minimum Gasteiger partial charge on any atom is -0.457 e. The molecule has 0 spiro atoms. The average molecular weight is 397 g/mol. The average Bonchev–Trinajstić information content (AvgIpc) is 2.74. The molecule has 2 aromatic rings. The summed E-state index contributed by atoms with van der Waals surface area (Å²) in [5.74, 6) is -0.520. The van der Waals surface area contributed by atoms with Gasteiger partial charge < -0.3 is 18.9 Å². The lowest BCUT2D eigenvalue weighted by atomic mass is 10.0. The highest BCUT2D eigenvalue weighted by atomic mass is 16.6. The van der Waals surface area contributed by atoms with Crippen molar-refractivity contribution in [3.8, 4) is 0 Å². The molecule has 0 aliphatic carbocycles. The molecule has 1 heterocycles. The molecule has 1 aliphatic heterocycles. The molecule has 0 N–H and O–H groups in total. The van der Waals surface area contributed by atoms with Crippen molar-refractivity contribution in [2.45, 2.75) is 44.7 Å². The number of hydrogen-bond donors (Lipinski definition) is 0. The molecule has 3 rings (SSSR count). The lowest BCUT2D eigenvalue weighted by molar-refractivity contribution is -0.231. The number of carbonyl (C=O) groups is 1. The number of hydrogen-bond acceptors (Lipinski definition) is 6. The van der Waals surface area contributed by atoms with Crippen molar-refractivity contribution in [2.24, 2.45) is 5.11 Å². The van der Waals surface area contributed by atoms with Crippen LogP contribution in [0.4, 0.5) is 0 Å². The van der Waals surface area contributed by atoms with Gasteiger partial charge in [0.1, 0.15) is 12.2 Å². The smallest absolute Gasteiger partial charge is 0.303 e. The van der Waals surface area contributed by atoms with Gasteiger partial charge in [-0.15, -0.1) is 0 Å². The zero-order chi connectivity index (χ0) is 20.5. The summed E-state index contributed by atoms with van der Waals surface area (Å²) in [5.41, 5.74) is 10.8. The van der Waals surface area contributed by atoms with E-state index in [0.29, 0.717) is 6.61 Å². The summed E-state index contributed by atoms with van der Waals surface area (Å²) in [4.78, 5) is 14.5. The molecule has 1 saturated heterocycles.